The molecule has 0 spiro atoms. The molecule has 0 amide bonds. The fourth-order valence-corrected chi connectivity index (χ4v) is 2.34. The Labute approximate surface area is 119 Å². The van der Waals surface area contributed by atoms with Crippen LogP contribution in [0.1, 0.15) is 42.2 Å². The largest absolute Gasteiger partial charge is 0.478 e. The van der Waals surface area contributed by atoms with E-state index in [4.69, 9.17) is 0 Å². The molecule has 0 aliphatic carbocycles. The third-order valence-corrected chi connectivity index (χ3v) is 3.34. The van der Waals surface area contributed by atoms with Crippen molar-refractivity contribution in [3.8, 4) is 0 Å². The van der Waals surface area contributed by atoms with E-state index in [1.54, 1.807) is 0 Å². The van der Waals surface area contributed by atoms with Crippen LogP contribution in [0, 0.1) is 0 Å². The summed E-state index contributed by atoms with van der Waals surface area (Å²) in [4.78, 5) is 34.4. The average Bonchev–Trinajstić information content (AvgIpc) is 2.74. The number of hydrogen-bond donors (Lipinski definition) is 1. The molecule has 21 heavy (non-hydrogen) atoms. The number of hydrogen-bond acceptors (Lipinski definition) is 4. The fourth-order valence-electron chi connectivity index (χ4n) is 2.34. The van der Waals surface area contributed by atoms with Crippen molar-refractivity contribution in [3.05, 3.63) is 70.3 Å². The molecule has 0 bridgehead atoms. The molecule has 3 rings (SSSR count). The van der Waals surface area contributed by atoms with Crippen LogP contribution in [0.25, 0.3) is 0 Å². The van der Waals surface area contributed by atoms with E-state index < -0.39 is 17.9 Å². The number of ether oxygens (including phenoxy) is 1. The van der Waals surface area contributed by atoms with E-state index in [0.717, 1.165) is 5.56 Å². The highest BCUT2D eigenvalue weighted by Gasteiger charge is 2.32. The third-order valence-electron chi connectivity index (χ3n) is 3.34. The molecule has 1 aliphatic rings. The maximum Gasteiger partial charge on any atom is 0.346 e. The van der Waals surface area contributed by atoms with Gasteiger partial charge in [-0.25, -0.2) is 14.4 Å². The number of carbonyl (C=O) groups excluding carboxylic acids is 2. The minimum Gasteiger partial charge on any atom is -0.478 e. The van der Waals surface area contributed by atoms with Crippen LogP contribution in [0.4, 0.5) is 0 Å². The molecule has 104 valence electrons. The minimum atomic E-state index is -1.14. The first-order valence-corrected chi connectivity index (χ1v) is 6.27. The van der Waals surface area contributed by atoms with Gasteiger partial charge in [0.2, 0.25) is 0 Å². The van der Waals surface area contributed by atoms with Gasteiger partial charge in [0, 0.05) is 0 Å². The third kappa shape index (κ3) is 2.29. The number of carboxylic acid groups (broad SMARTS) is 1. The van der Waals surface area contributed by atoms with Crippen LogP contribution >= 0.6 is 0 Å². The van der Waals surface area contributed by atoms with Gasteiger partial charge in [-0.3, -0.25) is 0 Å². The Balaban J connectivity index is 2.11. The van der Waals surface area contributed by atoms with Crippen LogP contribution in [-0.2, 0) is 11.2 Å². The summed E-state index contributed by atoms with van der Waals surface area (Å²) in [5, 5.41) is 9.29. The Morgan fingerprint density at radius 3 is 2.24 bits per heavy atom. The number of rotatable bonds is 3. The molecule has 5 nitrogen and oxygen atoms in total. The lowest BCUT2D eigenvalue weighted by Gasteiger charge is -2.07. The number of benzene rings is 2. The number of carboxylic acids is 1. The average molecular weight is 282 g/mol. The van der Waals surface area contributed by atoms with Crippen molar-refractivity contribution in [1.82, 2.24) is 0 Å². The summed E-state index contributed by atoms with van der Waals surface area (Å²) >= 11 is 0. The second-order valence-electron chi connectivity index (χ2n) is 4.70. The number of carbonyl (C=O) groups is 3. The topological polar surface area (TPSA) is 80.7 Å². The fraction of sp³-hybridized carbons (Fsp3) is 0.0625. The van der Waals surface area contributed by atoms with Gasteiger partial charge in [-0.1, -0.05) is 30.3 Å². The Kier molecular flexibility index (Phi) is 3.02. The summed E-state index contributed by atoms with van der Waals surface area (Å²) in [7, 11) is 0. The van der Waals surface area contributed by atoms with Crippen LogP contribution in [0.15, 0.2) is 42.5 Å². The van der Waals surface area contributed by atoms with Gasteiger partial charge in [0.05, 0.1) is 16.7 Å². The molecule has 0 aromatic heterocycles. The second kappa shape index (κ2) is 4.86. The quantitative estimate of drug-likeness (QED) is 0.690. The van der Waals surface area contributed by atoms with Crippen molar-refractivity contribution in [2.24, 2.45) is 0 Å². The molecule has 1 heterocycles. The van der Waals surface area contributed by atoms with Crippen molar-refractivity contribution in [1.29, 1.82) is 0 Å². The molecule has 0 fully saturated rings. The lowest BCUT2D eigenvalue weighted by molar-refractivity contribution is 0.0443. The molecule has 0 radical (unpaired) electrons. The highest BCUT2D eigenvalue weighted by atomic mass is 16.6. The summed E-state index contributed by atoms with van der Waals surface area (Å²) < 4.78 is 4.50. The summed E-state index contributed by atoms with van der Waals surface area (Å²) in [5.74, 6) is -2.68. The zero-order valence-electron chi connectivity index (χ0n) is 10.8. The van der Waals surface area contributed by atoms with E-state index in [0.29, 0.717) is 12.0 Å². The smallest absolute Gasteiger partial charge is 0.346 e. The van der Waals surface area contributed by atoms with Gasteiger partial charge in [0.25, 0.3) is 0 Å². The molecule has 1 aliphatic heterocycles. The molecule has 2 aromatic carbocycles. The number of cyclic esters (lactones) is 2. The van der Waals surface area contributed by atoms with E-state index in [2.05, 4.69) is 4.74 Å². The van der Waals surface area contributed by atoms with E-state index in [-0.39, 0.29) is 16.7 Å². The van der Waals surface area contributed by atoms with Crippen molar-refractivity contribution in [2.75, 3.05) is 0 Å². The standard InChI is InChI=1S/C16H10O5/c17-14(18)11-8-13-12(15(19)21-16(13)20)7-10(11)6-9-4-2-1-3-5-9/h1-5,7-8H,6H2,(H,17,18). The Hall–Kier alpha value is -2.95. The molecule has 0 saturated carbocycles. The zero-order chi connectivity index (χ0) is 15.0. The lowest BCUT2D eigenvalue weighted by atomic mass is 9.95. The van der Waals surface area contributed by atoms with E-state index in [1.165, 1.54) is 12.1 Å². The molecular formula is C16H10O5. The second-order valence-corrected chi connectivity index (χ2v) is 4.70. The van der Waals surface area contributed by atoms with Gasteiger partial charge in [-0.05, 0) is 29.7 Å². The number of fused-ring (bicyclic) bond motifs is 1. The number of esters is 2. The van der Waals surface area contributed by atoms with Gasteiger partial charge >= 0.3 is 17.9 Å². The van der Waals surface area contributed by atoms with E-state index in [9.17, 15) is 19.5 Å². The van der Waals surface area contributed by atoms with Crippen molar-refractivity contribution >= 4 is 17.9 Å². The lowest BCUT2D eigenvalue weighted by Crippen LogP contribution is -2.07. The van der Waals surface area contributed by atoms with Crippen molar-refractivity contribution in [3.63, 3.8) is 0 Å². The SMILES string of the molecule is O=C(O)c1cc2c(cc1Cc1ccccc1)C(=O)OC2=O. The van der Waals surface area contributed by atoms with Crippen LogP contribution in [-0.4, -0.2) is 23.0 Å². The van der Waals surface area contributed by atoms with Crippen LogP contribution in [0.3, 0.4) is 0 Å². The molecule has 5 heteroatoms. The molecule has 0 atom stereocenters. The predicted molar refractivity (Wildman–Crippen MR) is 72.4 cm³/mol. The van der Waals surface area contributed by atoms with Crippen LogP contribution in [0.5, 0.6) is 0 Å². The summed E-state index contributed by atoms with van der Waals surface area (Å²) in [6.45, 7) is 0. The first kappa shape index (κ1) is 13.1. The normalized spacial score (nSPS) is 13.0. The van der Waals surface area contributed by atoms with Gasteiger partial charge < -0.3 is 9.84 Å². The van der Waals surface area contributed by atoms with Crippen molar-refractivity contribution < 1.29 is 24.2 Å². The summed E-state index contributed by atoms with van der Waals surface area (Å²) in [5.41, 5.74) is 1.52. The van der Waals surface area contributed by atoms with E-state index in [1.807, 2.05) is 30.3 Å². The molecule has 2 aromatic rings. The molecular weight excluding hydrogens is 272 g/mol. The summed E-state index contributed by atoms with van der Waals surface area (Å²) in [6.07, 6.45) is 0.358. The molecule has 0 saturated heterocycles. The monoisotopic (exact) mass is 282 g/mol. The first-order valence-electron chi connectivity index (χ1n) is 6.27. The highest BCUT2D eigenvalue weighted by molar-refractivity contribution is 6.15. The maximum absolute atomic E-state index is 11.6. The number of aromatic carboxylic acids is 1. The molecule has 0 unspecified atom stereocenters. The zero-order valence-corrected chi connectivity index (χ0v) is 10.8. The van der Waals surface area contributed by atoms with Crippen LogP contribution in [0.2, 0.25) is 0 Å². The Bertz CT molecular complexity index is 762. The first-order chi connectivity index (χ1) is 10.1. The van der Waals surface area contributed by atoms with Gasteiger partial charge in [-0.15, -0.1) is 0 Å². The van der Waals surface area contributed by atoms with Gasteiger partial charge in [-0.2, -0.15) is 0 Å². The van der Waals surface area contributed by atoms with Gasteiger partial charge in [0.1, 0.15) is 0 Å². The molecule has 1 N–H and O–H groups in total. The Morgan fingerprint density at radius 1 is 1.00 bits per heavy atom. The highest BCUT2D eigenvalue weighted by Crippen LogP contribution is 2.26. The maximum atomic E-state index is 11.6. The summed E-state index contributed by atoms with van der Waals surface area (Å²) in [6, 6.07) is 11.9. The van der Waals surface area contributed by atoms with Crippen LogP contribution < -0.4 is 0 Å². The Morgan fingerprint density at radius 2 is 1.62 bits per heavy atom. The predicted octanol–water partition coefficient (Wildman–Crippen LogP) is 2.29. The van der Waals surface area contributed by atoms with E-state index >= 15 is 0 Å². The minimum absolute atomic E-state index is 0.00394. The van der Waals surface area contributed by atoms with Crippen molar-refractivity contribution in [2.45, 2.75) is 6.42 Å². The van der Waals surface area contributed by atoms with Gasteiger partial charge in [0.15, 0.2) is 0 Å².